The van der Waals surface area contributed by atoms with Crippen LogP contribution >= 0.6 is 0 Å². The predicted octanol–water partition coefficient (Wildman–Crippen LogP) is 0.167. The Hall–Kier alpha value is -1.07. The number of ether oxygens (including phenoxy) is 3. The first-order valence-corrected chi connectivity index (χ1v) is 4.91. The number of rotatable bonds is 1. The fraction of sp³-hybridized carbons (Fsp3) is 0.700. The van der Waals surface area contributed by atoms with E-state index in [1.807, 2.05) is 13.8 Å². The molecule has 0 bridgehead atoms. The van der Waals surface area contributed by atoms with Crippen molar-refractivity contribution in [2.75, 3.05) is 13.7 Å². The molecule has 2 fully saturated rings. The number of esters is 1. The van der Waals surface area contributed by atoms with Crippen molar-refractivity contribution in [3.8, 4) is 0 Å². The Balaban J connectivity index is 2.12. The summed E-state index contributed by atoms with van der Waals surface area (Å²) < 4.78 is 15.9. The number of carbonyl (C=O) groups is 1. The first kappa shape index (κ1) is 10.4. The lowest BCUT2D eigenvalue weighted by molar-refractivity contribution is -0.146. The Bertz CT molecular complexity index is 311. The maximum atomic E-state index is 11.1. The number of hydrogen-bond donors (Lipinski definition) is 1. The smallest absolute Gasteiger partial charge is 0.332 e. The van der Waals surface area contributed by atoms with Crippen molar-refractivity contribution in [1.82, 2.24) is 5.32 Å². The van der Waals surface area contributed by atoms with Crippen molar-refractivity contribution in [2.24, 2.45) is 0 Å². The molecule has 15 heavy (non-hydrogen) atoms. The van der Waals surface area contributed by atoms with Crippen LogP contribution in [-0.4, -0.2) is 37.6 Å². The van der Waals surface area contributed by atoms with Crippen molar-refractivity contribution in [1.29, 1.82) is 0 Å². The summed E-state index contributed by atoms with van der Waals surface area (Å²) >= 11 is 0. The van der Waals surface area contributed by atoms with Gasteiger partial charge in [0, 0.05) is 12.6 Å². The summed E-state index contributed by atoms with van der Waals surface area (Å²) in [5.74, 6) is -0.960. The van der Waals surface area contributed by atoms with Crippen molar-refractivity contribution in [3.63, 3.8) is 0 Å². The highest BCUT2D eigenvalue weighted by Gasteiger charge is 2.46. The summed E-state index contributed by atoms with van der Waals surface area (Å²) in [4.78, 5) is 11.1. The number of methoxy groups -OCH3 is 1. The summed E-state index contributed by atoms with van der Waals surface area (Å²) in [6.45, 7) is 4.39. The number of hydrogen-bond acceptors (Lipinski definition) is 5. The van der Waals surface area contributed by atoms with Crippen LogP contribution in [0, 0.1) is 0 Å². The van der Waals surface area contributed by atoms with Gasteiger partial charge < -0.3 is 19.5 Å². The SMILES string of the molecule is COC(=O)/C=C1/NC[C@H]2OC(C)(C)O[C@@H]12. The van der Waals surface area contributed by atoms with E-state index in [-0.39, 0.29) is 18.2 Å². The summed E-state index contributed by atoms with van der Waals surface area (Å²) in [6.07, 6.45) is 1.21. The first-order chi connectivity index (χ1) is 7.02. The molecule has 2 aliphatic rings. The molecular formula is C10H15NO4. The summed E-state index contributed by atoms with van der Waals surface area (Å²) in [7, 11) is 1.35. The van der Waals surface area contributed by atoms with Crippen LogP contribution in [0.3, 0.4) is 0 Å². The molecule has 5 nitrogen and oxygen atoms in total. The minimum atomic E-state index is -0.577. The Labute approximate surface area is 88.4 Å². The molecule has 5 heteroatoms. The average molecular weight is 213 g/mol. The van der Waals surface area contributed by atoms with E-state index in [4.69, 9.17) is 9.47 Å². The first-order valence-electron chi connectivity index (χ1n) is 4.91. The van der Waals surface area contributed by atoms with Gasteiger partial charge in [0.25, 0.3) is 0 Å². The summed E-state index contributed by atoms with van der Waals surface area (Å²) in [6, 6.07) is 0. The van der Waals surface area contributed by atoms with Gasteiger partial charge in [-0.3, -0.25) is 0 Å². The van der Waals surface area contributed by atoms with Crippen LogP contribution in [0.25, 0.3) is 0 Å². The third-order valence-electron chi connectivity index (χ3n) is 2.47. The van der Waals surface area contributed by atoms with Crippen molar-refractivity contribution in [2.45, 2.75) is 31.8 Å². The van der Waals surface area contributed by atoms with Crippen molar-refractivity contribution >= 4 is 5.97 Å². The summed E-state index contributed by atoms with van der Waals surface area (Å²) in [5.41, 5.74) is 0.734. The fourth-order valence-corrected chi connectivity index (χ4v) is 1.89. The van der Waals surface area contributed by atoms with Crippen LogP contribution in [-0.2, 0) is 19.0 Å². The standard InChI is InChI=1S/C10H15NO4/c1-10(2)14-7-5-11-6(9(7)15-10)4-8(12)13-3/h4,7,9,11H,5H2,1-3H3/b6-4+/t7-,9+/m1/s1. The monoisotopic (exact) mass is 213 g/mol. The van der Waals surface area contributed by atoms with Crippen molar-refractivity contribution < 1.29 is 19.0 Å². The number of nitrogens with one attached hydrogen (secondary N) is 1. The maximum Gasteiger partial charge on any atom is 0.332 e. The van der Waals surface area contributed by atoms with Gasteiger partial charge in [0.05, 0.1) is 12.8 Å². The highest BCUT2D eigenvalue weighted by Crippen LogP contribution is 2.34. The van der Waals surface area contributed by atoms with Crippen LogP contribution in [0.2, 0.25) is 0 Å². The van der Waals surface area contributed by atoms with Crippen LogP contribution in [0.1, 0.15) is 13.8 Å². The molecule has 0 aliphatic carbocycles. The minimum Gasteiger partial charge on any atom is -0.466 e. The molecule has 0 radical (unpaired) electrons. The zero-order valence-electron chi connectivity index (χ0n) is 9.07. The second-order valence-electron chi connectivity index (χ2n) is 4.10. The lowest BCUT2D eigenvalue weighted by Crippen LogP contribution is -2.26. The molecule has 2 saturated heterocycles. The predicted molar refractivity (Wildman–Crippen MR) is 51.9 cm³/mol. The number of carbonyl (C=O) groups excluding carboxylic acids is 1. The molecule has 1 N–H and O–H groups in total. The van der Waals surface area contributed by atoms with E-state index in [1.54, 1.807) is 0 Å². The van der Waals surface area contributed by atoms with E-state index in [0.29, 0.717) is 6.54 Å². The van der Waals surface area contributed by atoms with Crippen LogP contribution in [0.4, 0.5) is 0 Å². The molecule has 2 atom stereocenters. The Morgan fingerprint density at radius 3 is 3.00 bits per heavy atom. The van der Waals surface area contributed by atoms with Crippen molar-refractivity contribution in [3.05, 3.63) is 11.8 Å². The molecule has 0 saturated carbocycles. The van der Waals surface area contributed by atoms with Gasteiger partial charge in [-0.25, -0.2) is 4.79 Å². The van der Waals surface area contributed by atoms with Crippen LogP contribution in [0.5, 0.6) is 0 Å². The van der Waals surface area contributed by atoms with Gasteiger partial charge in [-0.1, -0.05) is 0 Å². The molecule has 0 amide bonds. The Morgan fingerprint density at radius 1 is 1.60 bits per heavy atom. The van der Waals surface area contributed by atoms with E-state index >= 15 is 0 Å². The highest BCUT2D eigenvalue weighted by molar-refractivity contribution is 5.82. The second-order valence-corrected chi connectivity index (χ2v) is 4.10. The van der Waals surface area contributed by atoms with E-state index in [9.17, 15) is 4.79 Å². The van der Waals surface area contributed by atoms with Gasteiger partial charge in [0.2, 0.25) is 0 Å². The van der Waals surface area contributed by atoms with E-state index in [1.165, 1.54) is 13.2 Å². The van der Waals surface area contributed by atoms with E-state index in [2.05, 4.69) is 10.1 Å². The lowest BCUT2D eigenvalue weighted by Gasteiger charge is -2.18. The van der Waals surface area contributed by atoms with Gasteiger partial charge in [0.1, 0.15) is 12.2 Å². The molecule has 0 unspecified atom stereocenters. The van der Waals surface area contributed by atoms with Gasteiger partial charge in [-0.15, -0.1) is 0 Å². The van der Waals surface area contributed by atoms with E-state index in [0.717, 1.165) is 5.70 Å². The zero-order valence-corrected chi connectivity index (χ0v) is 9.07. The molecule has 84 valence electrons. The number of fused-ring (bicyclic) bond motifs is 1. The highest BCUT2D eigenvalue weighted by atomic mass is 16.8. The van der Waals surface area contributed by atoms with Crippen LogP contribution in [0.15, 0.2) is 11.8 Å². The quantitative estimate of drug-likeness (QED) is 0.497. The topological polar surface area (TPSA) is 56.8 Å². The van der Waals surface area contributed by atoms with Gasteiger partial charge in [-0.05, 0) is 13.8 Å². The fourth-order valence-electron chi connectivity index (χ4n) is 1.89. The van der Waals surface area contributed by atoms with Gasteiger partial charge in [-0.2, -0.15) is 0 Å². The molecule has 2 aliphatic heterocycles. The summed E-state index contributed by atoms with van der Waals surface area (Å²) in [5, 5.41) is 3.07. The normalized spacial score (nSPS) is 35.0. The van der Waals surface area contributed by atoms with Gasteiger partial charge in [0.15, 0.2) is 5.79 Å². The Morgan fingerprint density at radius 2 is 2.33 bits per heavy atom. The molecule has 0 aromatic carbocycles. The minimum absolute atomic E-state index is 0.0177. The molecular weight excluding hydrogens is 198 g/mol. The van der Waals surface area contributed by atoms with Gasteiger partial charge >= 0.3 is 5.97 Å². The second kappa shape index (κ2) is 3.50. The third-order valence-corrected chi connectivity index (χ3v) is 2.47. The molecule has 0 aromatic heterocycles. The van der Waals surface area contributed by atoms with E-state index < -0.39 is 5.79 Å². The molecule has 2 heterocycles. The molecule has 0 aromatic rings. The zero-order chi connectivity index (χ0) is 11.1. The molecule has 2 rings (SSSR count). The average Bonchev–Trinajstić information content (AvgIpc) is 2.63. The maximum absolute atomic E-state index is 11.1. The Kier molecular flexibility index (Phi) is 2.44. The van der Waals surface area contributed by atoms with Crippen LogP contribution < -0.4 is 5.32 Å². The third kappa shape index (κ3) is 1.98. The molecule has 0 spiro atoms. The largest absolute Gasteiger partial charge is 0.466 e. The lowest BCUT2D eigenvalue weighted by atomic mass is 10.2.